The van der Waals surface area contributed by atoms with Gasteiger partial charge in [0.15, 0.2) is 6.10 Å². The van der Waals surface area contributed by atoms with E-state index in [0.717, 1.165) is 0 Å². The van der Waals surface area contributed by atoms with Crippen LogP contribution in [0.2, 0.25) is 0 Å². The highest BCUT2D eigenvalue weighted by atomic mass is 16.6. The highest BCUT2D eigenvalue weighted by Crippen LogP contribution is 2.27. The quantitative estimate of drug-likeness (QED) is 0.259. The Morgan fingerprint density at radius 2 is 1.74 bits per heavy atom. The fraction of sp³-hybridized carbons (Fsp3) is 0.280. The average Bonchev–Trinajstić information content (AvgIpc) is 2.86. The summed E-state index contributed by atoms with van der Waals surface area (Å²) in [6.07, 6.45) is 1.68. The number of anilines is 1. The molecule has 0 radical (unpaired) electrons. The monoisotopic (exact) mass is 471 g/mol. The summed E-state index contributed by atoms with van der Waals surface area (Å²) in [6.45, 7) is 3.60. The first-order valence-corrected chi connectivity index (χ1v) is 10.4. The molecule has 0 saturated carbocycles. The lowest BCUT2D eigenvalue weighted by molar-refractivity contribution is -0.136. The Morgan fingerprint density at radius 3 is 2.32 bits per heavy atom. The van der Waals surface area contributed by atoms with Crippen LogP contribution in [0.4, 0.5) is 10.5 Å². The minimum absolute atomic E-state index is 0.0698. The third-order valence-electron chi connectivity index (χ3n) is 4.48. The molecule has 1 amide bonds. The van der Waals surface area contributed by atoms with Crippen molar-refractivity contribution in [1.29, 1.82) is 0 Å². The van der Waals surface area contributed by atoms with Gasteiger partial charge in [0, 0.05) is 18.9 Å². The number of esters is 1. The summed E-state index contributed by atoms with van der Waals surface area (Å²) in [5, 5.41) is 11.6. The molecule has 0 spiro atoms. The highest BCUT2D eigenvalue weighted by Gasteiger charge is 2.26. The van der Waals surface area contributed by atoms with Crippen LogP contribution in [-0.4, -0.2) is 57.3 Å². The molecule has 0 saturated heterocycles. The first-order chi connectivity index (χ1) is 16.5. The number of methoxy groups -OCH3 is 2. The van der Waals surface area contributed by atoms with Crippen molar-refractivity contribution < 1.29 is 38.4 Å². The number of hydrogen-bond donors (Lipinski definition) is 2. The summed E-state index contributed by atoms with van der Waals surface area (Å²) in [4.78, 5) is 24.5. The molecule has 2 atom stereocenters. The molecule has 9 nitrogen and oxygen atoms in total. The summed E-state index contributed by atoms with van der Waals surface area (Å²) in [6, 6.07) is 13.5. The summed E-state index contributed by atoms with van der Waals surface area (Å²) in [5.41, 5.74) is 1.10. The van der Waals surface area contributed by atoms with Crippen molar-refractivity contribution in [1.82, 2.24) is 0 Å². The van der Waals surface area contributed by atoms with Crippen molar-refractivity contribution in [3.05, 3.63) is 78.9 Å². The molecule has 34 heavy (non-hydrogen) atoms. The number of rotatable bonds is 13. The Balaban J connectivity index is 2.21. The van der Waals surface area contributed by atoms with E-state index in [9.17, 15) is 9.59 Å². The number of benzene rings is 2. The maximum absolute atomic E-state index is 12.7. The minimum atomic E-state index is -0.904. The van der Waals surface area contributed by atoms with Gasteiger partial charge in [0.05, 0.1) is 13.7 Å². The number of carbonyl (C=O) groups excluding carboxylic acids is 2. The van der Waals surface area contributed by atoms with E-state index in [1.807, 2.05) is 0 Å². The largest absolute Gasteiger partial charge is 0.497 e. The van der Waals surface area contributed by atoms with Gasteiger partial charge >= 0.3 is 12.1 Å². The van der Waals surface area contributed by atoms with Crippen LogP contribution in [0.25, 0.3) is 0 Å². The Hall–Kier alpha value is -3.82. The number of aliphatic hydroxyl groups excluding tert-OH is 1. The molecule has 0 bridgehead atoms. The van der Waals surface area contributed by atoms with Gasteiger partial charge in [0.25, 0.3) is 0 Å². The zero-order valence-corrected chi connectivity index (χ0v) is 19.1. The Labute approximate surface area is 198 Å². The van der Waals surface area contributed by atoms with Crippen molar-refractivity contribution in [3.8, 4) is 11.5 Å². The molecule has 2 N–H and O–H groups in total. The second-order valence-corrected chi connectivity index (χ2v) is 6.80. The summed E-state index contributed by atoms with van der Waals surface area (Å²) < 4.78 is 26.6. The van der Waals surface area contributed by atoms with E-state index >= 15 is 0 Å². The third-order valence-corrected chi connectivity index (χ3v) is 4.48. The van der Waals surface area contributed by atoms with Gasteiger partial charge < -0.3 is 28.8 Å². The fourth-order valence-corrected chi connectivity index (χ4v) is 2.84. The maximum atomic E-state index is 12.7. The molecule has 2 aromatic carbocycles. The van der Waals surface area contributed by atoms with Crippen molar-refractivity contribution >= 4 is 17.7 Å². The van der Waals surface area contributed by atoms with Crippen LogP contribution in [-0.2, 0) is 19.0 Å². The molecule has 2 aromatic rings. The lowest BCUT2D eigenvalue weighted by Crippen LogP contribution is -2.27. The summed E-state index contributed by atoms with van der Waals surface area (Å²) >= 11 is 0. The van der Waals surface area contributed by atoms with Crippen LogP contribution in [0.15, 0.2) is 73.3 Å². The summed E-state index contributed by atoms with van der Waals surface area (Å²) in [5.74, 6) is 0.598. The maximum Gasteiger partial charge on any atom is 0.412 e. The smallest absolute Gasteiger partial charge is 0.412 e. The molecule has 0 fully saturated rings. The van der Waals surface area contributed by atoms with Crippen molar-refractivity contribution in [2.24, 2.45) is 0 Å². The predicted octanol–water partition coefficient (Wildman–Crippen LogP) is 3.66. The standard InChI is InChI=1S/C25H29NO8/c1-4-16-33-23(28)14-13-22(31-3)24(18-5-9-21(10-6-18)32-17-15-27)34-25(29)26-19-7-11-20(30-2)12-8-19/h4-14,22,24,27H,1,15-17H2,2-3H3,(H,26,29)/b14-13+/t22-,24-/m1/s1. The Kier molecular flexibility index (Phi) is 11.2. The molecule has 9 heteroatoms. The zero-order valence-electron chi connectivity index (χ0n) is 19.1. The topological polar surface area (TPSA) is 113 Å². The fourth-order valence-electron chi connectivity index (χ4n) is 2.84. The van der Waals surface area contributed by atoms with Gasteiger partial charge in [-0.25, -0.2) is 9.59 Å². The van der Waals surface area contributed by atoms with E-state index in [1.54, 1.807) is 55.6 Å². The van der Waals surface area contributed by atoms with E-state index in [4.69, 9.17) is 28.8 Å². The van der Waals surface area contributed by atoms with Crippen molar-refractivity contribution in [2.75, 3.05) is 39.4 Å². The molecule has 0 aromatic heterocycles. The van der Waals surface area contributed by atoms with Gasteiger partial charge in [-0.05, 0) is 48.0 Å². The van der Waals surface area contributed by atoms with Crippen LogP contribution < -0.4 is 14.8 Å². The number of carbonyl (C=O) groups is 2. The van der Waals surface area contributed by atoms with Crippen LogP contribution in [0.3, 0.4) is 0 Å². The van der Waals surface area contributed by atoms with Crippen LogP contribution in [0.5, 0.6) is 11.5 Å². The average molecular weight is 472 g/mol. The second kappa shape index (κ2) is 14.4. The van der Waals surface area contributed by atoms with Gasteiger partial charge in [0.2, 0.25) is 0 Å². The lowest BCUT2D eigenvalue weighted by Gasteiger charge is -2.24. The molecule has 0 heterocycles. The predicted molar refractivity (Wildman–Crippen MR) is 126 cm³/mol. The van der Waals surface area contributed by atoms with Gasteiger partial charge in [-0.2, -0.15) is 0 Å². The zero-order chi connectivity index (χ0) is 24.8. The molecule has 0 aliphatic carbocycles. The van der Waals surface area contributed by atoms with Gasteiger partial charge in [-0.3, -0.25) is 5.32 Å². The number of ether oxygens (including phenoxy) is 5. The van der Waals surface area contributed by atoms with Crippen molar-refractivity contribution in [2.45, 2.75) is 12.2 Å². The first-order valence-electron chi connectivity index (χ1n) is 10.4. The SMILES string of the molecule is C=CCOC(=O)/C=C/[C@@H](OC)[C@H](OC(=O)Nc1ccc(OC)cc1)c1ccc(OCCO)cc1. The van der Waals surface area contributed by atoms with E-state index in [1.165, 1.54) is 25.3 Å². The Morgan fingerprint density at radius 1 is 1.06 bits per heavy atom. The molecule has 182 valence electrons. The van der Waals surface area contributed by atoms with Crippen LogP contribution in [0, 0.1) is 0 Å². The minimum Gasteiger partial charge on any atom is -0.497 e. The molecule has 0 unspecified atom stereocenters. The number of nitrogens with one attached hydrogen (secondary N) is 1. The molecule has 2 rings (SSSR count). The van der Waals surface area contributed by atoms with E-state index < -0.39 is 24.3 Å². The summed E-state index contributed by atoms with van der Waals surface area (Å²) in [7, 11) is 2.98. The number of hydrogen-bond acceptors (Lipinski definition) is 8. The molecule has 0 aliphatic heterocycles. The second-order valence-electron chi connectivity index (χ2n) is 6.80. The third kappa shape index (κ3) is 8.61. The molecular weight excluding hydrogens is 442 g/mol. The van der Waals surface area contributed by atoms with Crippen LogP contribution >= 0.6 is 0 Å². The van der Waals surface area contributed by atoms with Gasteiger partial charge in [-0.1, -0.05) is 24.8 Å². The van der Waals surface area contributed by atoms with E-state index in [2.05, 4.69) is 11.9 Å². The Bertz CT molecular complexity index is 940. The van der Waals surface area contributed by atoms with E-state index in [-0.39, 0.29) is 19.8 Å². The molecule has 0 aliphatic rings. The van der Waals surface area contributed by atoms with Gasteiger partial charge in [0.1, 0.15) is 30.8 Å². The van der Waals surface area contributed by atoms with E-state index in [0.29, 0.717) is 22.7 Å². The van der Waals surface area contributed by atoms with Crippen LogP contribution in [0.1, 0.15) is 11.7 Å². The lowest BCUT2D eigenvalue weighted by atomic mass is 10.0. The normalized spacial score (nSPS) is 12.4. The molecular formula is C25H29NO8. The first kappa shape index (κ1) is 26.4. The van der Waals surface area contributed by atoms with Crippen molar-refractivity contribution in [3.63, 3.8) is 0 Å². The van der Waals surface area contributed by atoms with Gasteiger partial charge in [-0.15, -0.1) is 0 Å². The highest BCUT2D eigenvalue weighted by molar-refractivity contribution is 5.85. The number of aliphatic hydroxyl groups is 1. The number of amides is 1.